The fourth-order valence-corrected chi connectivity index (χ4v) is 9.44. The molecule has 0 bridgehead atoms. The van der Waals surface area contributed by atoms with Gasteiger partial charge in [0.2, 0.25) is 11.8 Å². The minimum Gasteiger partial charge on any atom is -0.436 e. The van der Waals surface area contributed by atoms with Crippen LogP contribution in [0.2, 0.25) is 0 Å². The minimum atomic E-state index is 0.490. The average Bonchev–Trinajstić information content (AvgIpc) is 4.08. The number of hydrogen-bond acceptors (Lipinski definition) is 5. The topological polar surface area (TPSA) is 74.6 Å². The van der Waals surface area contributed by atoms with Crippen LogP contribution in [0.3, 0.4) is 0 Å². The van der Waals surface area contributed by atoms with E-state index in [2.05, 4.69) is 155 Å². The lowest BCUT2D eigenvalue weighted by molar-refractivity contribution is 0.620. The van der Waals surface area contributed by atoms with E-state index < -0.39 is 0 Å². The molecule has 0 aliphatic carbocycles. The van der Waals surface area contributed by atoms with Gasteiger partial charge in [-0.25, -0.2) is 9.97 Å². The smallest absolute Gasteiger partial charge is 0.238 e. The molecule has 0 saturated heterocycles. The molecule has 0 aliphatic heterocycles. The summed E-state index contributed by atoms with van der Waals surface area (Å²) in [6.45, 7) is 0. The average molecular weight is 833 g/mol. The van der Waals surface area contributed by atoms with Gasteiger partial charge in [-0.1, -0.05) is 164 Å². The highest BCUT2D eigenvalue weighted by atomic mass is 16.3. The molecule has 0 unspecified atom stereocenters. The van der Waals surface area contributed by atoms with Crippen LogP contribution in [0.25, 0.3) is 123 Å². The van der Waals surface area contributed by atoms with E-state index in [0.717, 1.165) is 71.9 Å². The molecule has 0 radical (unpaired) electrons. The van der Waals surface area contributed by atoms with Crippen LogP contribution in [0.1, 0.15) is 0 Å². The van der Waals surface area contributed by atoms with E-state index in [-0.39, 0.29) is 0 Å². The molecule has 0 saturated carbocycles. The summed E-state index contributed by atoms with van der Waals surface area (Å²) < 4.78 is 11.1. The highest BCUT2D eigenvalue weighted by Gasteiger charge is 2.25. The molecule has 7 heteroatoms. The van der Waals surface area contributed by atoms with Gasteiger partial charge in [-0.05, 0) is 76.9 Å². The van der Waals surface area contributed by atoms with Crippen molar-refractivity contribution in [1.29, 1.82) is 0 Å². The second kappa shape index (κ2) is 14.9. The summed E-state index contributed by atoms with van der Waals surface area (Å²) in [5.74, 6) is 2.19. The Bertz CT molecular complexity index is 3930. The predicted molar refractivity (Wildman–Crippen MR) is 263 cm³/mol. The standard InChI is InChI=1S/C58H36N6O/c1-5-17-37(18-6-1)41-25-15-26-43(35-41)56-60-55(39-21-9-3-10-22-39)61-58(62-56)64-49-33-34-51-53(59-57(65-51)40-23-11-4-12-24-40)52(49)45-28-16-30-50(54(45)64)63-47-29-14-13-27-44(47)46-36-42(31-32-48(46)63)38-19-7-2-8-20-38/h1-36H. The van der Waals surface area contributed by atoms with Crippen molar-refractivity contribution in [3.63, 3.8) is 0 Å². The summed E-state index contributed by atoms with van der Waals surface area (Å²) in [5, 5.41) is 4.28. The van der Waals surface area contributed by atoms with Crippen LogP contribution in [0.5, 0.6) is 0 Å². The van der Waals surface area contributed by atoms with Crippen LogP contribution >= 0.6 is 0 Å². The normalized spacial score (nSPS) is 11.7. The zero-order chi connectivity index (χ0) is 42.8. The van der Waals surface area contributed by atoms with Crippen LogP contribution in [-0.2, 0) is 0 Å². The van der Waals surface area contributed by atoms with E-state index in [9.17, 15) is 0 Å². The molecule has 0 amide bonds. The Morgan fingerprint density at radius 3 is 1.63 bits per heavy atom. The zero-order valence-corrected chi connectivity index (χ0v) is 34.9. The number of rotatable bonds is 7. The van der Waals surface area contributed by atoms with Crippen LogP contribution in [0.4, 0.5) is 0 Å². The van der Waals surface area contributed by atoms with Crippen molar-refractivity contribution in [2.75, 3.05) is 0 Å². The van der Waals surface area contributed by atoms with Crippen LogP contribution in [0.15, 0.2) is 223 Å². The van der Waals surface area contributed by atoms with Crippen molar-refractivity contribution in [3.8, 4) is 68.1 Å². The maximum atomic E-state index is 6.53. The first kappa shape index (κ1) is 36.7. The summed E-state index contributed by atoms with van der Waals surface area (Å²) in [5.41, 5.74) is 13.7. The summed E-state index contributed by atoms with van der Waals surface area (Å²) in [6, 6.07) is 75.7. The monoisotopic (exact) mass is 832 g/mol. The molecule has 4 heterocycles. The molecular weight excluding hydrogens is 797 g/mol. The molecule has 0 spiro atoms. The number of oxazole rings is 1. The summed E-state index contributed by atoms with van der Waals surface area (Å²) in [6.07, 6.45) is 0. The lowest BCUT2D eigenvalue weighted by Gasteiger charge is -2.15. The second-order valence-corrected chi connectivity index (χ2v) is 16.2. The predicted octanol–water partition coefficient (Wildman–Crippen LogP) is 14.5. The van der Waals surface area contributed by atoms with Crippen LogP contribution in [-0.4, -0.2) is 29.1 Å². The zero-order valence-electron chi connectivity index (χ0n) is 34.9. The molecular formula is C58H36N6O. The van der Waals surface area contributed by atoms with Gasteiger partial charge in [0, 0.05) is 38.2 Å². The quantitative estimate of drug-likeness (QED) is 0.160. The van der Waals surface area contributed by atoms with Gasteiger partial charge in [0.15, 0.2) is 17.2 Å². The first-order valence-corrected chi connectivity index (χ1v) is 21.7. The molecule has 304 valence electrons. The first-order chi connectivity index (χ1) is 32.2. The molecule has 0 aliphatic rings. The lowest BCUT2D eigenvalue weighted by atomic mass is 10.0. The Balaban J connectivity index is 1.14. The molecule has 0 atom stereocenters. The number of para-hydroxylation sites is 2. The summed E-state index contributed by atoms with van der Waals surface area (Å²) in [7, 11) is 0. The Morgan fingerprint density at radius 1 is 0.338 bits per heavy atom. The summed E-state index contributed by atoms with van der Waals surface area (Å²) in [4.78, 5) is 21.2. The van der Waals surface area contributed by atoms with Crippen LogP contribution < -0.4 is 0 Å². The van der Waals surface area contributed by atoms with Crippen molar-refractivity contribution in [2.45, 2.75) is 0 Å². The van der Waals surface area contributed by atoms with Gasteiger partial charge >= 0.3 is 0 Å². The molecule has 13 rings (SSSR count). The van der Waals surface area contributed by atoms with Crippen molar-refractivity contribution < 1.29 is 4.42 Å². The van der Waals surface area contributed by atoms with Crippen LogP contribution in [0, 0.1) is 0 Å². The fraction of sp³-hybridized carbons (Fsp3) is 0. The van der Waals surface area contributed by atoms with E-state index in [0.29, 0.717) is 29.1 Å². The second-order valence-electron chi connectivity index (χ2n) is 16.2. The molecule has 4 aromatic heterocycles. The lowest BCUT2D eigenvalue weighted by Crippen LogP contribution is -2.08. The maximum Gasteiger partial charge on any atom is 0.238 e. The highest BCUT2D eigenvalue weighted by molar-refractivity contribution is 6.22. The third kappa shape index (κ3) is 6.05. The molecule has 13 aromatic rings. The third-order valence-corrected chi connectivity index (χ3v) is 12.4. The van der Waals surface area contributed by atoms with Gasteiger partial charge in [0.25, 0.3) is 0 Å². The van der Waals surface area contributed by atoms with Crippen molar-refractivity contribution >= 4 is 54.7 Å². The van der Waals surface area contributed by atoms with Gasteiger partial charge in [-0.2, -0.15) is 9.97 Å². The largest absolute Gasteiger partial charge is 0.436 e. The minimum absolute atomic E-state index is 0.490. The maximum absolute atomic E-state index is 6.53. The van der Waals surface area contributed by atoms with E-state index in [4.69, 9.17) is 24.4 Å². The number of hydrogen-bond donors (Lipinski definition) is 0. The summed E-state index contributed by atoms with van der Waals surface area (Å²) >= 11 is 0. The van der Waals surface area contributed by atoms with E-state index >= 15 is 0 Å². The molecule has 0 N–H and O–H groups in total. The van der Waals surface area contributed by atoms with Gasteiger partial charge in [0.05, 0.1) is 27.8 Å². The number of nitrogens with zero attached hydrogens (tertiary/aromatic N) is 6. The van der Waals surface area contributed by atoms with Crippen molar-refractivity contribution in [1.82, 2.24) is 29.1 Å². The SMILES string of the molecule is c1ccc(-c2cccc(-c3nc(-c4ccccc4)nc(-n4c5ccc6oc(-c7ccccc7)nc6c5c5cccc(-n6c7ccccc7c7cc(-c8ccccc8)ccc76)c54)n3)c2)cc1. The van der Waals surface area contributed by atoms with Crippen molar-refractivity contribution in [2.24, 2.45) is 0 Å². The highest BCUT2D eigenvalue weighted by Crippen LogP contribution is 2.43. The Kier molecular flexibility index (Phi) is 8.39. The Hall–Kier alpha value is -8.94. The number of fused-ring (bicyclic) bond motifs is 8. The van der Waals surface area contributed by atoms with Gasteiger partial charge in [-0.15, -0.1) is 0 Å². The molecule has 0 fully saturated rings. The molecule has 7 nitrogen and oxygen atoms in total. The van der Waals surface area contributed by atoms with E-state index in [1.807, 2.05) is 72.8 Å². The fourth-order valence-electron chi connectivity index (χ4n) is 9.44. The Morgan fingerprint density at radius 2 is 0.892 bits per heavy atom. The number of benzene rings is 9. The van der Waals surface area contributed by atoms with Gasteiger partial charge in [0.1, 0.15) is 5.52 Å². The van der Waals surface area contributed by atoms with E-state index in [1.165, 1.54) is 21.9 Å². The van der Waals surface area contributed by atoms with E-state index in [1.54, 1.807) is 0 Å². The van der Waals surface area contributed by atoms with Gasteiger partial charge < -0.3 is 8.98 Å². The molecule has 65 heavy (non-hydrogen) atoms. The Labute approximate surface area is 373 Å². The number of aromatic nitrogens is 6. The van der Waals surface area contributed by atoms with Gasteiger partial charge in [-0.3, -0.25) is 4.57 Å². The third-order valence-electron chi connectivity index (χ3n) is 12.4. The van der Waals surface area contributed by atoms with Crippen molar-refractivity contribution in [3.05, 3.63) is 218 Å². The molecule has 9 aromatic carbocycles. The first-order valence-electron chi connectivity index (χ1n) is 21.7.